The van der Waals surface area contributed by atoms with Gasteiger partial charge in [-0.25, -0.2) is 0 Å². The lowest BCUT2D eigenvalue weighted by Crippen LogP contribution is -1.95. The summed E-state index contributed by atoms with van der Waals surface area (Å²) in [6, 6.07) is 0. The molecule has 0 saturated carbocycles. The molecule has 0 aromatic heterocycles. The topological polar surface area (TPSA) is 0 Å². The van der Waals surface area contributed by atoms with Gasteiger partial charge in [-0.2, -0.15) is 0 Å². The molecule has 0 atom stereocenters. The van der Waals surface area contributed by atoms with Crippen molar-refractivity contribution in [3.8, 4) is 11.8 Å². The maximum Gasteiger partial charge on any atom is -0.00271 e. The molecule has 0 amide bonds. The first-order valence-electron chi connectivity index (χ1n) is 5.89. The molecule has 0 heterocycles. The molecule has 0 saturated heterocycles. The van der Waals surface area contributed by atoms with E-state index in [4.69, 9.17) is 0 Å². The molecule has 0 N–H and O–H groups in total. The summed E-state index contributed by atoms with van der Waals surface area (Å²) in [6.07, 6.45) is 0. The van der Waals surface area contributed by atoms with Crippen LogP contribution in [0.2, 0.25) is 0 Å². The Morgan fingerprint density at radius 3 is 0.714 bits per heavy atom. The molecule has 14 heavy (non-hydrogen) atoms. The van der Waals surface area contributed by atoms with E-state index in [1.807, 2.05) is 41.5 Å². The van der Waals surface area contributed by atoms with Crippen molar-refractivity contribution in [3.63, 3.8) is 0 Å². The number of hydrogen-bond donors (Lipinski definition) is 0. The van der Waals surface area contributed by atoms with E-state index in [-0.39, 0.29) is 0 Å². The largest absolute Gasteiger partial charge is 0.107 e. The Bertz CT molecular complexity index is 86.9. The molecule has 0 aromatic rings. The summed E-state index contributed by atoms with van der Waals surface area (Å²) < 4.78 is 0. The molecule has 0 bridgehead atoms. The molecule has 0 aromatic carbocycles. The summed E-state index contributed by atoms with van der Waals surface area (Å²) in [5.74, 6) is 7.06. The lowest BCUT2D eigenvalue weighted by molar-refractivity contribution is 0.457. The number of hydrogen-bond acceptors (Lipinski definition) is 0. The van der Waals surface area contributed by atoms with Gasteiger partial charge in [-0.3, -0.25) is 0 Å². The zero-order chi connectivity index (χ0) is 12.6. The highest BCUT2D eigenvalue weighted by Gasteiger charge is 1.95. The first kappa shape index (κ1) is 23.4. The van der Waals surface area contributed by atoms with Crippen LogP contribution in [0, 0.1) is 23.7 Å². The minimum Gasteiger partial charge on any atom is -0.107 e. The highest BCUT2D eigenvalue weighted by atomic mass is 14.0. The van der Waals surface area contributed by atoms with Gasteiger partial charge >= 0.3 is 0 Å². The Morgan fingerprint density at radius 2 is 0.714 bits per heavy atom. The molecular formula is C14H32. The van der Waals surface area contributed by atoms with Gasteiger partial charge < -0.3 is 0 Å². The molecule has 0 rings (SSSR count). The Hall–Kier alpha value is -0.440. The van der Waals surface area contributed by atoms with Gasteiger partial charge in [0, 0.05) is 0 Å². The molecule has 88 valence electrons. The molecule has 0 heteroatoms. The van der Waals surface area contributed by atoms with Crippen LogP contribution in [-0.2, 0) is 0 Å². The lowest BCUT2D eigenvalue weighted by atomic mass is 10.0. The van der Waals surface area contributed by atoms with Crippen molar-refractivity contribution in [2.24, 2.45) is 11.8 Å². The summed E-state index contributed by atoms with van der Waals surface area (Å²) in [6.45, 7) is 20.6. The smallest absolute Gasteiger partial charge is 0.00271 e. The van der Waals surface area contributed by atoms with Crippen LogP contribution in [0.3, 0.4) is 0 Å². The van der Waals surface area contributed by atoms with Crippen LogP contribution in [0.1, 0.15) is 69.2 Å². The van der Waals surface area contributed by atoms with Gasteiger partial charge in [-0.15, -0.1) is 11.8 Å². The third-order valence-corrected chi connectivity index (χ3v) is 1.58. The summed E-state index contributed by atoms with van der Waals surface area (Å²) in [5.41, 5.74) is 0. The van der Waals surface area contributed by atoms with Crippen LogP contribution >= 0.6 is 0 Å². The van der Waals surface area contributed by atoms with Crippen molar-refractivity contribution < 1.29 is 0 Å². The van der Waals surface area contributed by atoms with Gasteiger partial charge in [0.05, 0.1) is 0 Å². The molecule has 0 aliphatic carbocycles. The Labute approximate surface area is 93.5 Å². The van der Waals surface area contributed by atoms with E-state index in [0.717, 1.165) is 11.8 Å². The second-order valence-corrected chi connectivity index (χ2v) is 2.99. The molecule has 0 aliphatic heterocycles. The van der Waals surface area contributed by atoms with E-state index in [2.05, 4.69) is 39.5 Å². The Balaban J connectivity index is -0.0000000546. The van der Waals surface area contributed by atoms with E-state index < -0.39 is 0 Å². The summed E-state index contributed by atoms with van der Waals surface area (Å²) >= 11 is 0. The van der Waals surface area contributed by atoms with E-state index in [1.54, 1.807) is 0 Å². The van der Waals surface area contributed by atoms with Crippen molar-refractivity contribution in [1.29, 1.82) is 0 Å². The standard InChI is InChI=1S/C6H14.C4H6.2C2H6/c1-5(2)6(3)4;1-3-4-2;2*1-2/h5-6H,1-4H3;1-2H3;2*1-2H3. The fourth-order valence-corrected chi connectivity index (χ4v) is 0. The number of rotatable bonds is 1. The van der Waals surface area contributed by atoms with E-state index in [9.17, 15) is 0 Å². The SMILES string of the molecule is CC.CC.CC#CC.CC(C)C(C)C. The predicted octanol–water partition coefficient (Wildman–Crippen LogP) is 5.38. The van der Waals surface area contributed by atoms with Crippen molar-refractivity contribution in [3.05, 3.63) is 0 Å². The van der Waals surface area contributed by atoms with Crippen LogP contribution in [-0.4, -0.2) is 0 Å². The second kappa shape index (κ2) is 29.4. The van der Waals surface area contributed by atoms with Gasteiger partial charge in [-0.05, 0) is 25.7 Å². The highest BCUT2D eigenvalue weighted by Crippen LogP contribution is 2.05. The van der Waals surface area contributed by atoms with Gasteiger partial charge in [0.25, 0.3) is 0 Å². The highest BCUT2D eigenvalue weighted by molar-refractivity contribution is 4.89. The fraction of sp³-hybridized carbons (Fsp3) is 0.857. The van der Waals surface area contributed by atoms with E-state index in [0.29, 0.717) is 0 Å². The summed E-state index contributed by atoms with van der Waals surface area (Å²) in [5, 5.41) is 0. The first-order valence-corrected chi connectivity index (χ1v) is 5.89. The van der Waals surface area contributed by atoms with E-state index in [1.165, 1.54) is 0 Å². The average Bonchev–Trinajstić information content (AvgIpc) is 2.24. The van der Waals surface area contributed by atoms with Gasteiger partial charge in [-0.1, -0.05) is 55.4 Å². The zero-order valence-electron chi connectivity index (χ0n) is 12.2. The molecule has 0 radical (unpaired) electrons. The monoisotopic (exact) mass is 200 g/mol. The summed E-state index contributed by atoms with van der Waals surface area (Å²) in [4.78, 5) is 0. The lowest BCUT2D eigenvalue weighted by Gasteiger charge is -2.05. The summed E-state index contributed by atoms with van der Waals surface area (Å²) in [7, 11) is 0. The third kappa shape index (κ3) is 62.0. The van der Waals surface area contributed by atoms with Crippen molar-refractivity contribution in [1.82, 2.24) is 0 Å². The minimum absolute atomic E-state index is 0.852. The maximum atomic E-state index is 2.68. The van der Waals surface area contributed by atoms with Crippen LogP contribution in [0.4, 0.5) is 0 Å². The molecular weight excluding hydrogens is 168 g/mol. The predicted molar refractivity (Wildman–Crippen MR) is 71.5 cm³/mol. The Kier molecular flexibility index (Phi) is 49.1. The van der Waals surface area contributed by atoms with Crippen LogP contribution in [0.15, 0.2) is 0 Å². The van der Waals surface area contributed by atoms with E-state index >= 15 is 0 Å². The average molecular weight is 200 g/mol. The zero-order valence-corrected chi connectivity index (χ0v) is 12.2. The molecule has 0 unspecified atom stereocenters. The van der Waals surface area contributed by atoms with Gasteiger partial charge in [0.1, 0.15) is 0 Å². The van der Waals surface area contributed by atoms with Crippen molar-refractivity contribution in [2.45, 2.75) is 69.2 Å². The van der Waals surface area contributed by atoms with Crippen molar-refractivity contribution in [2.75, 3.05) is 0 Å². The van der Waals surface area contributed by atoms with Gasteiger partial charge in [0.15, 0.2) is 0 Å². The normalized spacial score (nSPS) is 6.57. The molecule has 0 aliphatic rings. The fourth-order valence-electron chi connectivity index (χ4n) is 0. The molecule has 0 fully saturated rings. The molecule has 0 spiro atoms. The Morgan fingerprint density at radius 1 is 0.571 bits per heavy atom. The van der Waals surface area contributed by atoms with Crippen LogP contribution in [0.5, 0.6) is 0 Å². The van der Waals surface area contributed by atoms with Crippen LogP contribution < -0.4 is 0 Å². The van der Waals surface area contributed by atoms with Gasteiger partial charge in [0.2, 0.25) is 0 Å². The maximum absolute atomic E-state index is 2.68. The third-order valence-electron chi connectivity index (χ3n) is 1.58. The minimum atomic E-state index is 0.852. The first-order chi connectivity index (χ1) is 6.56. The van der Waals surface area contributed by atoms with Crippen molar-refractivity contribution >= 4 is 0 Å². The van der Waals surface area contributed by atoms with Crippen LogP contribution in [0.25, 0.3) is 0 Å². The molecule has 0 nitrogen and oxygen atoms in total. The second-order valence-electron chi connectivity index (χ2n) is 2.99. The quantitative estimate of drug-likeness (QED) is 0.498.